The van der Waals surface area contributed by atoms with E-state index in [1.807, 2.05) is 32.9 Å². The van der Waals surface area contributed by atoms with Crippen LogP contribution in [0.5, 0.6) is 0 Å². The van der Waals surface area contributed by atoms with E-state index in [2.05, 4.69) is 57.4 Å². The van der Waals surface area contributed by atoms with E-state index in [-0.39, 0.29) is 12.3 Å². The molecule has 0 spiro atoms. The maximum absolute atomic E-state index is 12.4. The van der Waals surface area contributed by atoms with Crippen LogP contribution in [0.25, 0.3) is 0 Å². The van der Waals surface area contributed by atoms with Crippen LogP contribution in [0.4, 0.5) is 5.13 Å². The largest absolute Gasteiger partial charge is 0.385 e. The van der Waals surface area contributed by atoms with E-state index in [0.717, 1.165) is 53.2 Å². The van der Waals surface area contributed by atoms with E-state index in [9.17, 15) is 4.79 Å². The van der Waals surface area contributed by atoms with Crippen LogP contribution in [-0.2, 0) is 11.2 Å². The van der Waals surface area contributed by atoms with Crippen molar-refractivity contribution in [1.29, 1.82) is 0 Å². The number of hydrogen-bond acceptors (Lipinski definition) is 7. The summed E-state index contributed by atoms with van der Waals surface area (Å²) in [5.74, 6) is -0.167. The molecule has 0 radical (unpaired) electrons. The monoisotopic (exact) mass is 454 g/mol. The van der Waals surface area contributed by atoms with E-state index in [1.54, 1.807) is 6.08 Å². The predicted molar refractivity (Wildman–Crippen MR) is 134 cm³/mol. The number of hydrogen-bond donors (Lipinski definition) is 2. The number of amides is 1. The average molecular weight is 455 g/mol. The molecule has 0 saturated carbocycles. The quantitative estimate of drug-likeness (QED) is 0.186. The second-order valence-electron chi connectivity index (χ2n) is 7.36. The third kappa shape index (κ3) is 11.9. The van der Waals surface area contributed by atoms with Crippen molar-refractivity contribution in [3.8, 4) is 0 Å². The highest BCUT2D eigenvalue weighted by atomic mass is 32.1. The lowest BCUT2D eigenvalue weighted by Crippen LogP contribution is -2.14. The minimum atomic E-state index is -0.167. The summed E-state index contributed by atoms with van der Waals surface area (Å²) in [5, 5.41) is 23.7. The van der Waals surface area contributed by atoms with Crippen LogP contribution < -0.4 is 10.6 Å². The Morgan fingerprint density at radius 2 is 1.91 bits per heavy atom. The molecule has 0 aliphatic heterocycles. The molecule has 8 heteroatoms. The Hall–Kier alpha value is -3.13. The number of aryl methyl sites for hydroxylation is 1. The number of azo groups is 1. The van der Waals surface area contributed by atoms with Gasteiger partial charge in [0.25, 0.3) is 0 Å². The van der Waals surface area contributed by atoms with Gasteiger partial charge < -0.3 is 10.6 Å². The van der Waals surface area contributed by atoms with E-state index < -0.39 is 0 Å². The molecule has 0 unspecified atom stereocenters. The fourth-order valence-electron chi connectivity index (χ4n) is 2.50. The number of anilines is 1. The van der Waals surface area contributed by atoms with Crippen LogP contribution in [0.3, 0.4) is 0 Å². The van der Waals surface area contributed by atoms with Crippen molar-refractivity contribution >= 4 is 22.4 Å². The molecule has 1 aromatic heterocycles. The van der Waals surface area contributed by atoms with Gasteiger partial charge in [-0.1, -0.05) is 55.9 Å². The number of nitrogens with one attached hydrogen (secondary N) is 2. The number of nitrogens with zero attached hydrogens (tertiary/aromatic N) is 4. The zero-order valence-corrected chi connectivity index (χ0v) is 20.2. The molecule has 1 heterocycles. The Morgan fingerprint density at radius 1 is 1.16 bits per heavy atom. The Bertz CT molecular complexity index is 923. The summed E-state index contributed by atoms with van der Waals surface area (Å²) in [6.45, 7) is 21.5. The molecule has 0 aliphatic rings. The van der Waals surface area contributed by atoms with Crippen molar-refractivity contribution < 1.29 is 4.79 Å². The molecule has 32 heavy (non-hydrogen) atoms. The molecule has 2 N–H and O–H groups in total. The summed E-state index contributed by atoms with van der Waals surface area (Å²) in [6, 6.07) is 0. The summed E-state index contributed by atoms with van der Waals surface area (Å²) in [5.41, 5.74) is 4.12. The first kappa shape index (κ1) is 26.9. The van der Waals surface area contributed by atoms with Gasteiger partial charge in [-0.2, -0.15) is 10.2 Å². The third-order valence-corrected chi connectivity index (χ3v) is 5.00. The lowest BCUT2D eigenvalue weighted by Gasteiger charge is -2.07. The Labute approximate surface area is 195 Å². The van der Waals surface area contributed by atoms with Crippen molar-refractivity contribution in [3.05, 3.63) is 77.8 Å². The smallest absolute Gasteiger partial charge is 0.230 e. The summed E-state index contributed by atoms with van der Waals surface area (Å²) in [7, 11) is 0. The molecule has 1 amide bonds. The summed E-state index contributed by atoms with van der Waals surface area (Å²) < 4.78 is 0. The first-order chi connectivity index (χ1) is 15.2. The number of aromatic nitrogens is 2. The number of allylic oxidation sites excluding steroid dienone is 5. The van der Waals surface area contributed by atoms with Crippen molar-refractivity contribution in [3.63, 3.8) is 0 Å². The van der Waals surface area contributed by atoms with Gasteiger partial charge in [-0.05, 0) is 51.2 Å². The molecule has 0 atom stereocenters. The second-order valence-corrected chi connectivity index (χ2v) is 8.43. The van der Waals surface area contributed by atoms with Crippen LogP contribution in [0.1, 0.15) is 51.5 Å². The minimum Gasteiger partial charge on any atom is -0.385 e. The van der Waals surface area contributed by atoms with E-state index >= 15 is 0 Å². The van der Waals surface area contributed by atoms with Crippen LogP contribution in [0.2, 0.25) is 0 Å². The minimum absolute atomic E-state index is 0.167. The number of carbonyl (C=O) groups excluding carboxylic acids is 1. The molecule has 0 fully saturated rings. The molecular weight excluding hydrogens is 420 g/mol. The highest BCUT2D eigenvalue weighted by Gasteiger charge is 2.10. The van der Waals surface area contributed by atoms with Gasteiger partial charge >= 0.3 is 0 Å². The Morgan fingerprint density at radius 3 is 2.53 bits per heavy atom. The molecule has 0 aromatic carbocycles. The van der Waals surface area contributed by atoms with Gasteiger partial charge in [0.1, 0.15) is 5.01 Å². The van der Waals surface area contributed by atoms with E-state index in [4.69, 9.17) is 0 Å². The maximum atomic E-state index is 12.4. The fourth-order valence-corrected chi connectivity index (χ4v) is 3.30. The third-order valence-electron chi connectivity index (χ3n) is 4.10. The predicted octanol–water partition coefficient (Wildman–Crippen LogP) is 6.26. The Balaban J connectivity index is 2.47. The lowest BCUT2D eigenvalue weighted by molar-refractivity contribution is -0.115. The van der Waals surface area contributed by atoms with Gasteiger partial charge in [-0.25, -0.2) is 0 Å². The highest BCUT2D eigenvalue weighted by Crippen LogP contribution is 2.19. The SMILES string of the molecule is C=C/C(=C\C(=C)CNC(=C)C)CC(=O)Nc1nnc(CCCC/C(=C/C)N=NC(=C)C)s1. The lowest BCUT2D eigenvalue weighted by atomic mass is 10.1. The summed E-state index contributed by atoms with van der Waals surface area (Å²) >= 11 is 1.39. The Kier molecular flexibility index (Phi) is 12.4. The van der Waals surface area contributed by atoms with Crippen LogP contribution in [-0.4, -0.2) is 22.6 Å². The molecular formula is C24H34N6OS. The van der Waals surface area contributed by atoms with Gasteiger partial charge in [0.05, 0.1) is 17.8 Å². The zero-order chi connectivity index (χ0) is 23.9. The van der Waals surface area contributed by atoms with Crippen molar-refractivity contribution in [2.75, 3.05) is 11.9 Å². The molecule has 7 nitrogen and oxygen atoms in total. The standard InChI is InChI=1S/C24H34N6OS/c1-8-20(14-19(7)16-25-17(3)4)15-22(31)26-24-30-29-23(32-24)13-11-10-12-21(9-2)28-27-18(5)6/h8-9,14,25H,1,3,5,7,10-13,15-16H2,2,4,6H3,(H,26,30,31)/b20-14+,21-9-,28-27?. The van der Waals surface area contributed by atoms with Crippen molar-refractivity contribution in [2.24, 2.45) is 10.2 Å². The zero-order valence-electron chi connectivity index (χ0n) is 19.4. The van der Waals surface area contributed by atoms with E-state index in [1.165, 1.54) is 11.3 Å². The van der Waals surface area contributed by atoms with Gasteiger partial charge in [0.15, 0.2) is 0 Å². The number of carbonyl (C=O) groups is 1. The first-order valence-corrected chi connectivity index (χ1v) is 11.3. The van der Waals surface area contributed by atoms with Gasteiger partial charge in [-0.15, -0.1) is 10.2 Å². The highest BCUT2D eigenvalue weighted by molar-refractivity contribution is 7.15. The summed E-state index contributed by atoms with van der Waals surface area (Å²) in [6.07, 6.45) is 9.22. The van der Waals surface area contributed by atoms with Gasteiger partial charge in [0, 0.05) is 18.7 Å². The molecule has 1 aromatic rings. The van der Waals surface area contributed by atoms with Gasteiger partial charge in [-0.3, -0.25) is 4.79 Å². The second kappa shape index (κ2) is 14.8. The topological polar surface area (TPSA) is 91.6 Å². The molecule has 0 saturated heterocycles. The van der Waals surface area contributed by atoms with Crippen molar-refractivity contribution in [1.82, 2.24) is 15.5 Å². The number of unbranched alkanes of at least 4 members (excludes halogenated alkanes) is 1. The average Bonchev–Trinajstić information content (AvgIpc) is 3.17. The maximum Gasteiger partial charge on any atom is 0.230 e. The van der Waals surface area contributed by atoms with Crippen LogP contribution in [0.15, 0.2) is 83.0 Å². The molecule has 0 aliphatic carbocycles. The summed E-state index contributed by atoms with van der Waals surface area (Å²) in [4.78, 5) is 12.4. The molecule has 0 bridgehead atoms. The van der Waals surface area contributed by atoms with Crippen molar-refractivity contribution in [2.45, 2.75) is 52.9 Å². The normalized spacial score (nSPS) is 12.0. The van der Waals surface area contributed by atoms with Crippen LogP contribution in [0, 0.1) is 0 Å². The number of rotatable bonds is 15. The fraction of sp³-hybridized carbons (Fsp3) is 0.375. The van der Waals surface area contributed by atoms with Crippen LogP contribution >= 0.6 is 11.3 Å². The van der Waals surface area contributed by atoms with E-state index in [0.29, 0.717) is 17.4 Å². The first-order valence-electron chi connectivity index (χ1n) is 10.5. The molecule has 172 valence electrons. The van der Waals surface area contributed by atoms with Gasteiger partial charge in [0.2, 0.25) is 11.0 Å². The molecule has 1 rings (SSSR count).